The predicted octanol–water partition coefficient (Wildman–Crippen LogP) is 7.47. The largest absolute Gasteiger partial charge is 0.481 e. The highest BCUT2D eigenvalue weighted by Gasteiger charge is 2.42. The molecule has 39 heavy (non-hydrogen) atoms. The van der Waals surface area contributed by atoms with Crippen molar-refractivity contribution in [2.75, 3.05) is 11.4 Å². The fraction of sp³-hybridized carbons (Fsp3) is 0.655. The first-order valence-electron chi connectivity index (χ1n) is 13.9. The summed E-state index contributed by atoms with van der Waals surface area (Å²) in [5, 5.41) is 8.55. The van der Waals surface area contributed by atoms with E-state index in [1.807, 2.05) is 0 Å². The number of carboxylic acid groups (broad SMARTS) is 1. The summed E-state index contributed by atoms with van der Waals surface area (Å²) >= 11 is 0. The smallest absolute Gasteiger partial charge is 0.471 e. The molecule has 0 radical (unpaired) electrons. The Balaban J connectivity index is 2.42. The van der Waals surface area contributed by atoms with E-state index in [0.29, 0.717) is 17.7 Å². The van der Waals surface area contributed by atoms with E-state index in [0.717, 1.165) is 55.9 Å². The summed E-state index contributed by atoms with van der Waals surface area (Å²) in [7, 11) is 0. The number of nitrogens with zero attached hydrogens (tertiary/aromatic N) is 1. The average molecular weight is 558 g/mol. The zero-order chi connectivity index (χ0) is 29.3. The van der Waals surface area contributed by atoms with Gasteiger partial charge in [0.25, 0.3) is 0 Å². The molecule has 220 valence electrons. The number of esters is 2. The van der Waals surface area contributed by atoms with Crippen molar-refractivity contribution in [1.29, 1.82) is 0 Å². The van der Waals surface area contributed by atoms with E-state index < -0.39 is 36.4 Å². The van der Waals surface area contributed by atoms with Gasteiger partial charge in [0, 0.05) is 12.2 Å². The van der Waals surface area contributed by atoms with Crippen molar-refractivity contribution in [2.45, 2.75) is 110 Å². The molecule has 0 fully saturated rings. The van der Waals surface area contributed by atoms with Gasteiger partial charge in [0.15, 0.2) is 0 Å². The van der Waals surface area contributed by atoms with Crippen LogP contribution in [0.2, 0.25) is 0 Å². The lowest BCUT2D eigenvalue weighted by Crippen LogP contribution is -2.41. The molecule has 0 aliphatic heterocycles. The van der Waals surface area contributed by atoms with Crippen molar-refractivity contribution in [1.82, 2.24) is 0 Å². The van der Waals surface area contributed by atoms with E-state index in [1.165, 1.54) is 44.9 Å². The van der Waals surface area contributed by atoms with Crippen LogP contribution in [0.15, 0.2) is 24.3 Å². The Morgan fingerprint density at radius 1 is 0.795 bits per heavy atom. The average Bonchev–Trinajstić information content (AvgIpc) is 2.85. The molecular weight excluding hydrogens is 515 g/mol. The Morgan fingerprint density at radius 3 is 1.69 bits per heavy atom. The molecule has 1 rings (SSSR count). The molecule has 0 heterocycles. The van der Waals surface area contributed by atoms with Crippen LogP contribution in [0.5, 0.6) is 0 Å². The van der Waals surface area contributed by atoms with Crippen molar-refractivity contribution in [3.05, 3.63) is 29.8 Å². The van der Waals surface area contributed by atoms with Crippen molar-refractivity contribution in [2.24, 2.45) is 5.92 Å². The molecule has 0 bridgehead atoms. The molecule has 1 aromatic carbocycles. The third-order valence-electron chi connectivity index (χ3n) is 6.32. The summed E-state index contributed by atoms with van der Waals surface area (Å²) in [5.74, 6) is -5.10. The van der Waals surface area contributed by atoms with Crippen LogP contribution in [0.1, 0.15) is 114 Å². The first-order valence-corrected chi connectivity index (χ1v) is 13.9. The highest BCUT2D eigenvalue weighted by molar-refractivity contribution is 6.02. The van der Waals surface area contributed by atoms with Crippen LogP contribution in [0.25, 0.3) is 0 Å². The van der Waals surface area contributed by atoms with E-state index in [1.54, 1.807) is 0 Å². The van der Waals surface area contributed by atoms with E-state index in [2.05, 4.69) is 18.6 Å². The number of ether oxygens (including phenoxy) is 1. The number of carbonyl (C=O) groups is 4. The monoisotopic (exact) mass is 557 g/mol. The second-order valence-electron chi connectivity index (χ2n) is 10.3. The lowest BCUT2D eigenvalue weighted by atomic mass is 10.0. The van der Waals surface area contributed by atoms with E-state index in [4.69, 9.17) is 5.11 Å². The van der Waals surface area contributed by atoms with Crippen molar-refractivity contribution in [3.8, 4) is 0 Å². The predicted molar refractivity (Wildman–Crippen MR) is 142 cm³/mol. The second kappa shape index (κ2) is 18.4. The van der Waals surface area contributed by atoms with Gasteiger partial charge >= 0.3 is 30.0 Å². The van der Waals surface area contributed by atoms with Crippen LogP contribution in [-0.2, 0) is 19.1 Å². The number of halogens is 3. The lowest BCUT2D eigenvalue weighted by Gasteiger charge is -2.24. The molecule has 0 spiro atoms. The molecule has 1 amide bonds. The number of amides is 1. The summed E-state index contributed by atoms with van der Waals surface area (Å²) in [6.07, 6.45) is 8.05. The van der Waals surface area contributed by atoms with Crippen LogP contribution in [-0.4, -0.2) is 41.6 Å². The second-order valence-corrected chi connectivity index (χ2v) is 10.3. The zero-order valence-corrected chi connectivity index (χ0v) is 23.1. The van der Waals surface area contributed by atoms with Crippen LogP contribution < -0.4 is 4.90 Å². The maximum Gasteiger partial charge on any atom is 0.471 e. The van der Waals surface area contributed by atoms with E-state index >= 15 is 0 Å². The topological polar surface area (TPSA) is 101 Å². The van der Waals surface area contributed by atoms with Gasteiger partial charge in [0.2, 0.25) is 0 Å². The van der Waals surface area contributed by atoms with Gasteiger partial charge in [0.1, 0.15) is 6.42 Å². The quantitative estimate of drug-likeness (QED) is 0.108. The van der Waals surface area contributed by atoms with E-state index in [9.17, 15) is 32.3 Å². The molecule has 0 aliphatic rings. The fourth-order valence-corrected chi connectivity index (χ4v) is 4.19. The molecule has 0 unspecified atom stereocenters. The summed E-state index contributed by atoms with van der Waals surface area (Å²) in [6, 6.07) is 4.56. The highest BCUT2D eigenvalue weighted by atomic mass is 19.4. The van der Waals surface area contributed by atoms with Gasteiger partial charge in [-0.3, -0.25) is 14.4 Å². The number of carboxylic acids is 1. The number of benzene rings is 1. The molecule has 10 heteroatoms. The Kier molecular flexibility index (Phi) is 16.1. The van der Waals surface area contributed by atoms with E-state index in [-0.39, 0.29) is 17.8 Å². The van der Waals surface area contributed by atoms with Crippen molar-refractivity contribution in [3.63, 3.8) is 0 Å². The Bertz CT molecular complexity index is 899. The standard InChI is InChI=1S/C29H42F3NO6/c1-22(2)15-13-11-9-7-5-3-4-6-8-10-12-14-20-33(28(38)29(30,31)32)24-18-16-23(17-19-24)27(37)39-26(36)21-25(34)35/h16-19,22H,3-15,20-21H2,1-2H3,(H,34,35). The Labute approximate surface area is 229 Å². The number of anilines is 1. The van der Waals surface area contributed by atoms with Gasteiger partial charge in [-0.2, -0.15) is 13.2 Å². The van der Waals surface area contributed by atoms with Crippen molar-refractivity contribution >= 4 is 29.5 Å². The number of hydrogen-bond acceptors (Lipinski definition) is 5. The fourth-order valence-electron chi connectivity index (χ4n) is 4.19. The number of alkyl halides is 3. The number of hydrogen-bond donors (Lipinski definition) is 1. The first-order chi connectivity index (χ1) is 18.4. The summed E-state index contributed by atoms with van der Waals surface area (Å²) in [5.41, 5.74) is -0.210. The molecule has 0 saturated carbocycles. The van der Waals surface area contributed by atoms with Gasteiger partial charge in [-0.25, -0.2) is 4.79 Å². The van der Waals surface area contributed by atoms with Crippen LogP contribution in [0, 0.1) is 5.92 Å². The number of unbranched alkanes of at least 4 members (excludes halogenated alkanes) is 11. The zero-order valence-electron chi connectivity index (χ0n) is 23.1. The minimum Gasteiger partial charge on any atom is -0.481 e. The molecule has 7 nitrogen and oxygen atoms in total. The molecule has 0 saturated heterocycles. The number of carbonyl (C=O) groups excluding carboxylic acids is 3. The van der Waals surface area contributed by atoms with Gasteiger partial charge < -0.3 is 14.7 Å². The highest BCUT2D eigenvalue weighted by Crippen LogP contribution is 2.25. The third-order valence-corrected chi connectivity index (χ3v) is 6.32. The normalized spacial score (nSPS) is 11.4. The van der Waals surface area contributed by atoms with Crippen molar-refractivity contribution < 1.29 is 42.2 Å². The Morgan fingerprint density at radius 2 is 1.26 bits per heavy atom. The molecule has 0 aromatic heterocycles. The molecule has 0 atom stereocenters. The summed E-state index contributed by atoms with van der Waals surface area (Å²) in [6.45, 7) is 4.37. The van der Waals surface area contributed by atoms with Gasteiger partial charge in [-0.1, -0.05) is 90.9 Å². The van der Waals surface area contributed by atoms with Crippen LogP contribution in [0.3, 0.4) is 0 Å². The minimum absolute atomic E-state index is 0.0463. The van der Waals surface area contributed by atoms with Crippen LogP contribution >= 0.6 is 0 Å². The van der Waals surface area contributed by atoms with Crippen LogP contribution in [0.4, 0.5) is 18.9 Å². The first kappa shape index (κ1) is 34.1. The maximum atomic E-state index is 13.2. The maximum absolute atomic E-state index is 13.2. The lowest BCUT2D eigenvalue weighted by molar-refractivity contribution is -0.170. The number of aliphatic carboxylic acids is 1. The molecule has 0 aliphatic carbocycles. The summed E-state index contributed by atoms with van der Waals surface area (Å²) in [4.78, 5) is 46.4. The third kappa shape index (κ3) is 15.3. The van der Waals surface area contributed by atoms with Gasteiger partial charge in [0.05, 0.1) is 5.56 Å². The minimum atomic E-state index is -5.06. The van der Waals surface area contributed by atoms with Gasteiger partial charge in [-0.15, -0.1) is 0 Å². The molecule has 1 N–H and O–H groups in total. The SMILES string of the molecule is CC(C)CCCCCCCCCCCCCCN(C(=O)C(F)(F)F)c1ccc(C(=O)OC(=O)CC(=O)O)cc1. The molecular formula is C29H42F3NO6. The number of rotatable bonds is 19. The summed E-state index contributed by atoms with van der Waals surface area (Å²) < 4.78 is 43.9. The Hall–Kier alpha value is -2.91. The van der Waals surface area contributed by atoms with Gasteiger partial charge in [-0.05, 0) is 36.6 Å². The molecule has 1 aromatic rings.